The lowest BCUT2D eigenvalue weighted by Crippen LogP contribution is -2.32. The van der Waals surface area contributed by atoms with Crippen molar-refractivity contribution in [2.75, 3.05) is 31.1 Å². The van der Waals surface area contributed by atoms with Gasteiger partial charge >= 0.3 is 0 Å². The number of hydrogen-bond acceptors (Lipinski definition) is 7. The van der Waals surface area contributed by atoms with Gasteiger partial charge in [0.05, 0.1) is 22.6 Å². The summed E-state index contributed by atoms with van der Waals surface area (Å²) >= 11 is 6.50. The minimum atomic E-state index is -0.809. The van der Waals surface area contributed by atoms with Gasteiger partial charge in [-0.05, 0) is 44.5 Å². The maximum absolute atomic E-state index is 13.6. The van der Waals surface area contributed by atoms with Crippen molar-refractivity contribution in [1.82, 2.24) is 20.8 Å². The van der Waals surface area contributed by atoms with Crippen LogP contribution in [0.1, 0.15) is 31.0 Å². The largest absolute Gasteiger partial charge is 0.391 e. The number of aromatic nitrogens is 2. The van der Waals surface area contributed by atoms with Gasteiger partial charge in [0, 0.05) is 24.2 Å². The smallest absolute Gasteiger partial charge is 0.214 e. The van der Waals surface area contributed by atoms with Gasteiger partial charge in [-0.3, -0.25) is 4.98 Å². The van der Waals surface area contributed by atoms with Gasteiger partial charge < -0.3 is 15.1 Å². The second kappa shape index (κ2) is 7.42. The summed E-state index contributed by atoms with van der Waals surface area (Å²) in [6.45, 7) is 2.95. The summed E-state index contributed by atoms with van der Waals surface area (Å²) in [6.07, 6.45) is 2.91. The van der Waals surface area contributed by atoms with Crippen molar-refractivity contribution < 1.29 is 9.23 Å². The van der Waals surface area contributed by atoms with E-state index in [4.69, 9.17) is 26.4 Å². The maximum atomic E-state index is 13.6. The minimum absolute atomic E-state index is 0.306. The van der Waals surface area contributed by atoms with Gasteiger partial charge in [-0.15, -0.1) is 5.48 Å². The first-order chi connectivity index (χ1) is 13.7. The number of hydrogen-bond donors (Lipinski definition) is 2. The van der Waals surface area contributed by atoms with E-state index in [1.165, 1.54) is 0 Å². The second-order valence-electron chi connectivity index (χ2n) is 7.50. The quantitative estimate of drug-likeness (QED) is 0.819. The van der Waals surface area contributed by atoms with Crippen molar-refractivity contribution in [3.05, 3.63) is 28.9 Å². The number of pyridine rings is 2. The Bertz CT molecular complexity index is 919. The Labute approximate surface area is 167 Å². The molecule has 2 N–H and O–H groups in total. The van der Waals surface area contributed by atoms with Crippen LogP contribution in [0.4, 0.5) is 10.2 Å². The molecule has 2 unspecified atom stereocenters. The van der Waals surface area contributed by atoms with Crippen LogP contribution < -0.4 is 15.7 Å². The second-order valence-corrected chi connectivity index (χ2v) is 7.91. The van der Waals surface area contributed by atoms with Crippen LogP contribution >= 0.6 is 11.6 Å². The molecule has 2 aromatic heterocycles. The van der Waals surface area contributed by atoms with Crippen LogP contribution in [-0.4, -0.2) is 48.2 Å². The lowest BCUT2D eigenvalue weighted by atomic mass is 9.98. The Hall–Kier alpha value is -2.03. The Kier molecular flexibility index (Phi) is 4.78. The molecule has 2 fully saturated rings. The number of halogens is 2. The fourth-order valence-corrected chi connectivity index (χ4v) is 4.33. The molecule has 5 heterocycles. The SMILES string of the molecule is FC1CCN(c2ccc3ncc(Cl)c(C4N=C(C5CCNCC5)ON4)c3n2)C1. The van der Waals surface area contributed by atoms with E-state index in [1.54, 1.807) is 6.20 Å². The zero-order valence-electron chi connectivity index (χ0n) is 15.4. The first-order valence-electron chi connectivity index (χ1n) is 9.74. The molecule has 9 heteroatoms. The van der Waals surface area contributed by atoms with Crippen LogP contribution in [0.3, 0.4) is 0 Å². The Morgan fingerprint density at radius 2 is 2.07 bits per heavy atom. The minimum Gasteiger partial charge on any atom is -0.391 e. The van der Waals surface area contributed by atoms with Crippen molar-refractivity contribution in [3.63, 3.8) is 0 Å². The molecule has 7 nitrogen and oxygen atoms in total. The molecule has 0 spiro atoms. The zero-order valence-corrected chi connectivity index (χ0v) is 16.1. The molecular formula is C19H22ClFN6O. The highest BCUT2D eigenvalue weighted by Crippen LogP contribution is 2.34. The van der Waals surface area contributed by atoms with Crippen LogP contribution in [0.5, 0.6) is 0 Å². The van der Waals surface area contributed by atoms with E-state index in [0.717, 1.165) is 48.7 Å². The summed E-state index contributed by atoms with van der Waals surface area (Å²) in [5.74, 6) is 1.77. The van der Waals surface area contributed by atoms with E-state index in [0.29, 0.717) is 36.0 Å². The summed E-state index contributed by atoms with van der Waals surface area (Å²) < 4.78 is 13.6. The van der Waals surface area contributed by atoms with E-state index in [1.807, 2.05) is 17.0 Å². The third-order valence-corrected chi connectivity index (χ3v) is 5.94. The number of nitrogens with zero attached hydrogens (tertiary/aromatic N) is 4. The molecular weight excluding hydrogens is 383 g/mol. The molecule has 28 heavy (non-hydrogen) atoms. The summed E-state index contributed by atoms with van der Waals surface area (Å²) in [6, 6.07) is 3.78. The molecule has 3 aliphatic rings. The number of piperidine rings is 1. The third kappa shape index (κ3) is 3.29. The van der Waals surface area contributed by atoms with Gasteiger partial charge in [-0.2, -0.15) is 0 Å². The normalized spacial score (nSPS) is 25.9. The lowest BCUT2D eigenvalue weighted by Gasteiger charge is -2.20. The van der Waals surface area contributed by atoms with E-state index >= 15 is 0 Å². The van der Waals surface area contributed by atoms with Crippen LogP contribution in [0.25, 0.3) is 11.0 Å². The maximum Gasteiger partial charge on any atom is 0.214 e. The van der Waals surface area contributed by atoms with Crippen molar-refractivity contribution in [1.29, 1.82) is 0 Å². The van der Waals surface area contributed by atoms with Crippen LogP contribution in [0, 0.1) is 5.92 Å². The standard InChI is InChI=1S/C19H22ClFN6O/c20-13-9-23-14-1-2-15(27-8-5-12(21)10-27)24-17(14)16(13)18-25-19(28-26-18)11-3-6-22-7-4-11/h1-2,9,11-12,18,22,26H,3-8,10H2. The van der Waals surface area contributed by atoms with Gasteiger partial charge in [0.15, 0.2) is 6.17 Å². The summed E-state index contributed by atoms with van der Waals surface area (Å²) in [5.41, 5.74) is 5.14. The highest BCUT2D eigenvalue weighted by molar-refractivity contribution is 6.32. The number of nitrogens with one attached hydrogen (secondary N) is 2. The first-order valence-corrected chi connectivity index (χ1v) is 10.1. The molecule has 2 saturated heterocycles. The number of hydroxylamine groups is 1. The molecule has 2 aromatic rings. The molecule has 2 atom stereocenters. The first kappa shape index (κ1) is 18.0. The molecule has 0 amide bonds. The predicted molar refractivity (Wildman–Crippen MR) is 106 cm³/mol. The molecule has 148 valence electrons. The van der Waals surface area contributed by atoms with Crippen molar-refractivity contribution >= 4 is 34.3 Å². The van der Waals surface area contributed by atoms with E-state index in [9.17, 15) is 4.39 Å². The number of anilines is 1. The Morgan fingerprint density at radius 3 is 2.86 bits per heavy atom. The highest BCUT2D eigenvalue weighted by atomic mass is 35.5. The van der Waals surface area contributed by atoms with Gasteiger partial charge in [0.25, 0.3) is 0 Å². The molecule has 0 bridgehead atoms. The lowest BCUT2D eigenvalue weighted by molar-refractivity contribution is 0.165. The summed E-state index contributed by atoms with van der Waals surface area (Å²) in [4.78, 5) is 21.6. The van der Waals surface area contributed by atoms with Crippen molar-refractivity contribution in [2.24, 2.45) is 10.9 Å². The number of alkyl halides is 1. The molecule has 0 saturated carbocycles. The van der Waals surface area contributed by atoms with Gasteiger partial charge in [-0.1, -0.05) is 11.6 Å². The molecule has 3 aliphatic heterocycles. The van der Waals surface area contributed by atoms with Crippen LogP contribution in [0.2, 0.25) is 5.02 Å². The van der Waals surface area contributed by atoms with Crippen molar-refractivity contribution in [2.45, 2.75) is 31.6 Å². The number of aliphatic imine (C=N–C) groups is 1. The third-order valence-electron chi connectivity index (χ3n) is 5.64. The van der Waals surface area contributed by atoms with E-state index < -0.39 is 12.3 Å². The van der Waals surface area contributed by atoms with Gasteiger partial charge in [0.2, 0.25) is 5.90 Å². The number of fused-ring (bicyclic) bond motifs is 1. The predicted octanol–water partition coefficient (Wildman–Crippen LogP) is 2.76. The van der Waals surface area contributed by atoms with Gasteiger partial charge in [-0.25, -0.2) is 14.4 Å². The average molecular weight is 405 g/mol. The fourth-order valence-electron chi connectivity index (χ4n) is 4.09. The Balaban J connectivity index is 1.51. The molecule has 5 rings (SSSR count). The van der Waals surface area contributed by atoms with E-state index in [2.05, 4.69) is 15.8 Å². The summed E-state index contributed by atoms with van der Waals surface area (Å²) in [5, 5.41) is 3.83. The zero-order chi connectivity index (χ0) is 19.1. The fraction of sp³-hybridized carbons (Fsp3) is 0.526. The average Bonchev–Trinajstić information content (AvgIpc) is 3.37. The molecule has 0 aromatic carbocycles. The van der Waals surface area contributed by atoms with Crippen LogP contribution in [-0.2, 0) is 4.84 Å². The van der Waals surface area contributed by atoms with Gasteiger partial charge in [0.1, 0.15) is 12.0 Å². The highest BCUT2D eigenvalue weighted by Gasteiger charge is 2.31. The van der Waals surface area contributed by atoms with Crippen molar-refractivity contribution in [3.8, 4) is 0 Å². The molecule has 0 aliphatic carbocycles. The van der Waals surface area contributed by atoms with Crippen LogP contribution in [0.15, 0.2) is 23.3 Å². The molecule has 0 radical (unpaired) electrons. The summed E-state index contributed by atoms with van der Waals surface area (Å²) in [7, 11) is 0. The monoisotopic (exact) mass is 404 g/mol. The Morgan fingerprint density at radius 1 is 1.21 bits per heavy atom. The van der Waals surface area contributed by atoms with E-state index in [-0.39, 0.29) is 0 Å². The topological polar surface area (TPSA) is 74.7 Å². The number of rotatable bonds is 3.